The zero-order valence-corrected chi connectivity index (χ0v) is 12.7. The predicted octanol–water partition coefficient (Wildman–Crippen LogP) is 4.34. The molecule has 0 N–H and O–H groups in total. The molecule has 0 amide bonds. The molecule has 0 atom stereocenters. The number of hydrogen-bond acceptors (Lipinski definition) is 3. The maximum Gasteiger partial charge on any atom is 0.338 e. The standard InChI is InChI=1S/C18H20FNO2/c1-2-13-3-7-15(8-4-13)18(21)22-17-9-5-14(6-10-17)11-16(19)12-20/h3-4,7-8,11,14,17H,2,5-6,9-10H2,1H3/b16-11-/t14-,17-. The number of nitrogens with zero attached hydrogens (tertiary/aromatic N) is 1. The average molecular weight is 301 g/mol. The smallest absolute Gasteiger partial charge is 0.338 e. The van der Waals surface area contributed by atoms with Gasteiger partial charge in [0.25, 0.3) is 0 Å². The van der Waals surface area contributed by atoms with Crippen LogP contribution in [0.3, 0.4) is 0 Å². The minimum absolute atomic E-state index is 0.0680. The molecule has 1 fully saturated rings. The van der Waals surface area contributed by atoms with Crippen molar-refractivity contribution in [3.63, 3.8) is 0 Å². The number of benzene rings is 1. The molecule has 0 spiro atoms. The van der Waals surface area contributed by atoms with Gasteiger partial charge in [0.1, 0.15) is 12.2 Å². The lowest BCUT2D eigenvalue weighted by atomic mass is 9.87. The van der Waals surface area contributed by atoms with Gasteiger partial charge in [-0.25, -0.2) is 4.79 Å². The van der Waals surface area contributed by atoms with E-state index >= 15 is 0 Å². The van der Waals surface area contributed by atoms with Crippen LogP contribution in [-0.2, 0) is 11.2 Å². The van der Waals surface area contributed by atoms with E-state index in [-0.39, 0.29) is 18.0 Å². The third-order valence-electron chi connectivity index (χ3n) is 4.08. The van der Waals surface area contributed by atoms with Gasteiger partial charge in [0.05, 0.1) is 5.56 Å². The van der Waals surface area contributed by atoms with Gasteiger partial charge in [-0.1, -0.05) is 19.1 Å². The molecular weight excluding hydrogens is 281 g/mol. The van der Waals surface area contributed by atoms with Crippen molar-refractivity contribution in [3.8, 4) is 6.07 Å². The van der Waals surface area contributed by atoms with E-state index < -0.39 is 5.83 Å². The molecule has 1 aromatic carbocycles. The first-order chi connectivity index (χ1) is 10.6. The number of rotatable bonds is 4. The van der Waals surface area contributed by atoms with Gasteiger partial charge in [0, 0.05) is 0 Å². The van der Waals surface area contributed by atoms with Crippen molar-refractivity contribution in [1.82, 2.24) is 0 Å². The highest BCUT2D eigenvalue weighted by Crippen LogP contribution is 2.28. The van der Waals surface area contributed by atoms with E-state index in [4.69, 9.17) is 10.00 Å². The summed E-state index contributed by atoms with van der Waals surface area (Å²) in [5.41, 5.74) is 1.75. The highest BCUT2D eigenvalue weighted by Gasteiger charge is 2.23. The van der Waals surface area contributed by atoms with Crippen LogP contribution in [0.5, 0.6) is 0 Å². The van der Waals surface area contributed by atoms with Gasteiger partial charge in [-0.3, -0.25) is 0 Å². The second-order valence-electron chi connectivity index (χ2n) is 5.62. The fourth-order valence-corrected chi connectivity index (χ4v) is 2.71. The Morgan fingerprint density at radius 3 is 2.50 bits per heavy atom. The molecule has 0 saturated heterocycles. The summed E-state index contributed by atoms with van der Waals surface area (Å²) in [6.07, 6.45) is 5.09. The SMILES string of the molecule is CCc1ccc(C(=O)O[C@H]2CC[C@H](/C=C(\F)C#N)CC2)cc1. The van der Waals surface area contributed by atoms with Crippen molar-refractivity contribution < 1.29 is 13.9 Å². The number of aryl methyl sites for hydroxylation is 1. The van der Waals surface area contributed by atoms with Crippen molar-refractivity contribution in [3.05, 3.63) is 47.3 Å². The molecule has 1 aromatic rings. The van der Waals surface area contributed by atoms with Crippen LogP contribution < -0.4 is 0 Å². The highest BCUT2D eigenvalue weighted by atomic mass is 19.1. The molecule has 1 aliphatic carbocycles. The van der Waals surface area contributed by atoms with Crippen LogP contribution in [0.1, 0.15) is 48.5 Å². The van der Waals surface area contributed by atoms with Crippen molar-refractivity contribution in [2.24, 2.45) is 5.92 Å². The summed E-state index contributed by atoms with van der Waals surface area (Å²) in [5.74, 6) is -0.959. The Hall–Kier alpha value is -2.15. The Bertz CT molecular complexity index is 578. The molecule has 0 unspecified atom stereocenters. The van der Waals surface area contributed by atoms with Crippen LogP contribution >= 0.6 is 0 Å². The van der Waals surface area contributed by atoms with E-state index in [1.807, 2.05) is 12.1 Å². The Labute approximate surface area is 130 Å². The molecular formula is C18H20FNO2. The van der Waals surface area contributed by atoms with E-state index in [9.17, 15) is 9.18 Å². The molecule has 4 heteroatoms. The Morgan fingerprint density at radius 1 is 1.32 bits per heavy atom. The number of halogens is 1. The minimum atomic E-state index is -0.726. The molecule has 22 heavy (non-hydrogen) atoms. The molecule has 1 aliphatic rings. The Balaban J connectivity index is 1.85. The number of nitriles is 1. The van der Waals surface area contributed by atoms with Crippen LogP contribution in [0, 0.1) is 17.2 Å². The monoisotopic (exact) mass is 301 g/mol. The van der Waals surface area contributed by atoms with Crippen molar-refractivity contribution in [2.75, 3.05) is 0 Å². The van der Waals surface area contributed by atoms with E-state index in [0.29, 0.717) is 18.4 Å². The largest absolute Gasteiger partial charge is 0.459 e. The first kappa shape index (κ1) is 16.2. The van der Waals surface area contributed by atoms with Crippen LogP contribution in [0.2, 0.25) is 0 Å². The number of hydrogen-bond donors (Lipinski definition) is 0. The lowest BCUT2D eigenvalue weighted by Gasteiger charge is -2.26. The van der Waals surface area contributed by atoms with Crippen LogP contribution in [0.25, 0.3) is 0 Å². The molecule has 0 heterocycles. The molecule has 0 aliphatic heterocycles. The van der Waals surface area contributed by atoms with E-state index in [1.165, 1.54) is 17.7 Å². The number of carbonyl (C=O) groups excluding carboxylic acids is 1. The normalized spacial score (nSPS) is 22.0. The summed E-state index contributed by atoms with van der Waals surface area (Å²) in [7, 11) is 0. The first-order valence-corrected chi connectivity index (χ1v) is 7.69. The average Bonchev–Trinajstić information content (AvgIpc) is 2.56. The fraction of sp³-hybridized carbons (Fsp3) is 0.444. The molecule has 2 rings (SSSR count). The second-order valence-corrected chi connectivity index (χ2v) is 5.62. The predicted molar refractivity (Wildman–Crippen MR) is 81.8 cm³/mol. The van der Waals surface area contributed by atoms with Gasteiger partial charge < -0.3 is 4.74 Å². The van der Waals surface area contributed by atoms with Gasteiger partial charge in [0.2, 0.25) is 0 Å². The van der Waals surface area contributed by atoms with Gasteiger partial charge in [-0.2, -0.15) is 9.65 Å². The lowest BCUT2D eigenvalue weighted by Crippen LogP contribution is -2.24. The summed E-state index contributed by atoms with van der Waals surface area (Å²) in [4.78, 5) is 12.1. The van der Waals surface area contributed by atoms with Crippen LogP contribution in [0.4, 0.5) is 4.39 Å². The second kappa shape index (κ2) is 7.74. The molecule has 1 saturated carbocycles. The van der Waals surface area contributed by atoms with Crippen molar-refractivity contribution in [1.29, 1.82) is 5.26 Å². The summed E-state index contributed by atoms with van der Waals surface area (Å²) >= 11 is 0. The van der Waals surface area contributed by atoms with E-state index in [0.717, 1.165) is 19.3 Å². The number of carbonyl (C=O) groups is 1. The van der Waals surface area contributed by atoms with Gasteiger partial charge >= 0.3 is 5.97 Å². The summed E-state index contributed by atoms with van der Waals surface area (Å²) < 4.78 is 18.4. The maximum atomic E-state index is 12.9. The summed E-state index contributed by atoms with van der Waals surface area (Å²) in [5, 5.41) is 8.44. The molecule has 0 radical (unpaired) electrons. The van der Waals surface area contributed by atoms with E-state index in [2.05, 4.69) is 6.92 Å². The van der Waals surface area contributed by atoms with Gasteiger partial charge in [0.15, 0.2) is 5.83 Å². The lowest BCUT2D eigenvalue weighted by molar-refractivity contribution is 0.0184. The Morgan fingerprint density at radius 2 is 1.95 bits per heavy atom. The number of esters is 1. The van der Waals surface area contributed by atoms with Gasteiger partial charge in [-0.15, -0.1) is 0 Å². The molecule has 3 nitrogen and oxygen atoms in total. The van der Waals surface area contributed by atoms with Crippen LogP contribution in [0.15, 0.2) is 36.2 Å². The highest BCUT2D eigenvalue weighted by molar-refractivity contribution is 5.89. The molecule has 0 aromatic heterocycles. The number of allylic oxidation sites excluding steroid dienone is 2. The summed E-state index contributed by atoms with van der Waals surface area (Å²) in [6, 6.07) is 8.94. The third kappa shape index (κ3) is 4.42. The zero-order valence-electron chi connectivity index (χ0n) is 12.7. The van der Waals surface area contributed by atoms with Crippen LogP contribution in [-0.4, -0.2) is 12.1 Å². The maximum absolute atomic E-state index is 12.9. The summed E-state index contributed by atoms with van der Waals surface area (Å²) in [6.45, 7) is 2.06. The first-order valence-electron chi connectivity index (χ1n) is 7.69. The topological polar surface area (TPSA) is 50.1 Å². The Kier molecular flexibility index (Phi) is 5.71. The van der Waals surface area contributed by atoms with Crippen molar-refractivity contribution in [2.45, 2.75) is 45.1 Å². The fourth-order valence-electron chi connectivity index (χ4n) is 2.71. The quantitative estimate of drug-likeness (QED) is 0.614. The third-order valence-corrected chi connectivity index (χ3v) is 4.08. The van der Waals surface area contributed by atoms with Gasteiger partial charge in [-0.05, 0) is 61.8 Å². The van der Waals surface area contributed by atoms with Crippen molar-refractivity contribution >= 4 is 5.97 Å². The molecule has 0 bridgehead atoms. The zero-order chi connectivity index (χ0) is 15.9. The van der Waals surface area contributed by atoms with E-state index in [1.54, 1.807) is 12.1 Å². The minimum Gasteiger partial charge on any atom is -0.459 e. The number of ether oxygens (including phenoxy) is 1. The molecule has 116 valence electrons.